The van der Waals surface area contributed by atoms with Crippen molar-refractivity contribution in [2.24, 2.45) is 5.92 Å². The van der Waals surface area contributed by atoms with Crippen molar-refractivity contribution in [2.45, 2.75) is 39.7 Å². The number of aromatic nitrogens is 3. The van der Waals surface area contributed by atoms with Crippen molar-refractivity contribution in [3.05, 3.63) is 53.1 Å². The highest BCUT2D eigenvalue weighted by Crippen LogP contribution is 2.24. The lowest BCUT2D eigenvalue weighted by Gasteiger charge is -2.29. The minimum absolute atomic E-state index is 0.0917. The number of carbonyl (C=O) groups excluding carboxylic acids is 3. The summed E-state index contributed by atoms with van der Waals surface area (Å²) in [6.45, 7) is 4.57. The van der Waals surface area contributed by atoms with Crippen LogP contribution in [0.5, 0.6) is 0 Å². The summed E-state index contributed by atoms with van der Waals surface area (Å²) in [6.07, 6.45) is 3.91. The number of amides is 3. The molecule has 3 amide bonds. The van der Waals surface area contributed by atoms with Crippen molar-refractivity contribution in [1.29, 1.82) is 0 Å². The lowest BCUT2D eigenvalue weighted by Crippen LogP contribution is -2.40. The van der Waals surface area contributed by atoms with Crippen LogP contribution in [0.15, 0.2) is 30.7 Å². The van der Waals surface area contributed by atoms with E-state index in [1.807, 2.05) is 25.1 Å². The van der Waals surface area contributed by atoms with Crippen LogP contribution in [0.4, 0.5) is 5.69 Å². The summed E-state index contributed by atoms with van der Waals surface area (Å²) >= 11 is 0. The van der Waals surface area contributed by atoms with E-state index in [0.717, 1.165) is 11.1 Å². The van der Waals surface area contributed by atoms with E-state index < -0.39 is 17.8 Å². The van der Waals surface area contributed by atoms with Gasteiger partial charge in [-0.1, -0.05) is 19.1 Å². The van der Waals surface area contributed by atoms with E-state index in [2.05, 4.69) is 25.6 Å². The van der Waals surface area contributed by atoms with Crippen molar-refractivity contribution in [3.63, 3.8) is 0 Å². The maximum atomic E-state index is 13.1. The Hall–Kier alpha value is -4.28. The Morgan fingerprint density at radius 2 is 1.92 bits per heavy atom. The van der Waals surface area contributed by atoms with Gasteiger partial charge in [0.1, 0.15) is 11.8 Å². The number of carboxylic acid groups (broad SMARTS) is 1. The number of piperidine rings is 1. The highest BCUT2D eigenvalue weighted by atomic mass is 16.4. The van der Waals surface area contributed by atoms with Crippen LogP contribution in [0.1, 0.15) is 58.2 Å². The van der Waals surface area contributed by atoms with Crippen LogP contribution in [0, 0.1) is 12.8 Å². The van der Waals surface area contributed by atoms with E-state index in [0.29, 0.717) is 54.6 Å². The number of rotatable bonds is 7. The molecule has 0 bridgehead atoms. The molecule has 1 fully saturated rings. The molecule has 3 aromatic rings. The highest BCUT2D eigenvalue weighted by molar-refractivity contribution is 6.10. The van der Waals surface area contributed by atoms with Crippen LogP contribution in [0.25, 0.3) is 11.0 Å². The Bertz CT molecular complexity index is 1330. The molecular formula is C25H28N6O5. The number of benzene rings is 1. The first-order valence-corrected chi connectivity index (χ1v) is 11.8. The Balaban J connectivity index is 1.47. The fraction of sp³-hybridized carbons (Fsp3) is 0.360. The van der Waals surface area contributed by atoms with Crippen LogP contribution in [-0.4, -0.2) is 61.7 Å². The first-order chi connectivity index (χ1) is 17.3. The van der Waals surface area contributed by atoms with Gasteiger partial charge in [-0.2, -0.15) is 0 Å². The maximum Gasteiger partial charge on any atom is 0.306 e. The molecule has 188 valence electrons. The number of aliphatic carboxylic acids is 1. The second-order valence-electron chi connectivity index (χ2n) is 8.79. The Morgan fingerprint density at radius 3 is 2.61 bits per heavy atom. The Morgan fingerprint density at radius 1 is 1.17 bits per heavy atom. The van der Waals surface area contributed by atoms with Gasteiger partial charge in [0.25, 0.3) is 11.8 Å². The van der Waals surface area contributed by atoms with Gasteiger partial charge in [0.05, 0.1) is 17.0 Å². The number of aromatic amines is 1. The SMILES string of the molecule is CCC(=O)Nc1cc(CNC(=O)c2ncnc3c(C(=O)N4CCC(C(=O)O)CC4)c[nH]c23)ccc1C. The maximum absolute atomic E-state index is 13.1. The third-order valence-corrected chi connectivity index (χ3v) is 6.39. The Labute approximate surface area is 207 Å². The first kappa shape index (κ1) is 24.8. The fourth-order valence-electron chi connectivity index (χ4n) is 4.19. The molecule has 0 saturated carbocycles. The second kappa shape index (κ2) is 10.5. The lowest BCUT2D eigenvalue weighted by molar-refractivity contribution is -0.143. The highest BCUT2D eigenvalue weighted by Gasteiger charge is 2.29. The van der Waals surface area contributed by atoms with Crippen molar-refractivity contribution >= 4 is 40.4 Å². The number of carbonyl (C=O) groups is 4. The van der Waals surface area contributed by atoms with E-state index >= 15 is 0 Å². The molecule has 4 N–H and O–H groups in total. The normalized spacial score (nSPS) is 14.0. The van der Waals surface area contributed by atoms with Gasteiger partial charge in [0.2, 0.25) is 5.91 Å². The molecular weight excluding hydrogens is 464 g/mol. The molecule has 11 nitrogen and oxygen atoms in total. The van der Waals surface area contributed by atoms with Crippen molar-refractivity contribution in [1.82, 2.24) is 25.2 Å². The van der Waals surface area contributed by atoms with Crippen molar-refractivity contribution in [2.75, 3.05) is 18.4 Å². The molecule has 1 saturated heterocycles. The smallest absolute Gasteiger partial charge is 0.306 e. The lowest BCUT2D eigenvalue weighted by atomic mass is 9.97. The number of carboxylic acids is 1. The molecule has 1 aliphatic heterocycles. The molecule has 0 aliphatic carbocycles. The standard InChI is InChI=1S/C25H28N6O5/c1-3-19(32)30-18-10-15(5-4-14(18)2)11-27-23(33)22-21-20(28-13-29-22)17(12-26-21)24(34)31-8-6-16(7-9-31)25(35)36/h4-5,10,12-13,16,26H,3,6-9,11H2,1-2H3,(H,27,33)(H,30,32)(H,35,36). The van der Waals surface area contributed by atoms with Crippen LogP contribution in [0.3, 0.4) is 0 Å². The number of nitrogens with one attached hydrogen (secondary N) is 3. The number of nitrogens with zero attached hydrogens (tertiary/aromatic N) is 3. The second-order valence-corrected chi connectivity index (χ2v) is 8.79. The fourth-order valence-corrected chi connectivity index (χ4v) is 4.19. The summed E-state index contributed by atoms with van der Waals surface area (Å²) < 4.78 is 0. The number of H-pyrrole nitrogens is 1. The van der Waals surface area contributed by atoms with Gasteiger partial charge in [-0.05, 0) is 37.0 Å². The number of hydrogen-bond acceptors (Lipinski definition) is 6. The largest absolute Gasteiger partial charge is 0.481 e. The summed E-state index contributed by atoms with van der Waals surface area (Å²) in [5.74, 6) is -2.08. The van der Waals surface area contributed by atoms with Crippen LogP contribution in [-0.2, 0) is 16.1 Å². The monoisotopic (exact) mass is 492 g/mol. The van der Waals surface area contributed by atoms with Crippen molar-refractivity contribution < 1.29 is 24.3 Å². The van der Waals surface area contributed by atoms with Crippen molar-refractivity contribution in [3.8, 4) is 0 Å². The van der Waals surface area contributed by atoms with Crippen LogP contribution >= 0.6 is 0 Å². The molecule has 11 heteroatoms. The number of hydrogen-bond donors (Lipinski definition) is 4. The molecule has 1 aromatic carbocycles. The number of fused-ring (bicyclic) bond motifs is 1. The predicted octanol–water partition coefficient (Wildman–Crippen LogP) is 2.48. The average molecular weight is 493 g/mol. The van der Waals surface area contributed by atoms with Crippen LogP contribution < -0.4 is 10.6 Å². The number of aryl methyl sites for hydroxylation is 1. The Kier molecular flexibility index (Phi) is 7.28. The number of anilines is 1. The van der Waals surface area contributed by atoms with Gasteiger partial charge in [0, 0.05) is 37.9 Å². The van der Waals surface area contributed by atoms with E-state index in [1.54, 1.807) is 11.8 Å². The van der Waals surface area contributed by atoms with Gasteiger partial charge in [-0.15, -0.1) is 0 Å². The summed E-state index contributed by atoms with van der Waals surface area (Å²) in [6, 6.07) is 5.56. The molecule has 1 aliphatic rings. The zero-order valence-corrected chi connectivity index (χ0v) is 20.1. The van der Waals surface area contributed by atoms with Gasteiger partial charge in [0.15, 0.2) is 5.69 Å². The van der Waals surface area contributed by atoms with Crippen LogP contribution in [0.2, 0.25) is 0 Å². The third-order valence-electron chi connectivity index (χ3n) is 6.39. The van der Waals surface area contributed by atoms with Gasteiger partial charge in [-0.25, -0.2) is 9.97 Å². The van der Waals surface area contributed by atoms with E-state index in [1.165, 1.54) is 12.5 Å². The summed E-state index contributed by atoms with van der Waals surface area (Å²) in [4.78, 5) is 61.9. The predicted molar refractivity (Wildman–Crippen MR) is 131 cm³/mol. The third kappa shape index (κ3) is 5.19. The first-order valence-electron chi connectivity index (χ1n) is 11.8. The summed E-state index contributed by atoms with van der Waals surface area (Å²) in [7, 11) is 0. The van der Waals surface area contributed by atoms with Gasteiger partial charge in [-0.3, -0.25) is 19.2 Å². The molecule has 36 heavy (non-hydrogen) atoms. The molecule has 0 spiro atoms. The molecule has 0 unspecified atom stereocenters. The average Bonchev–Trinajstić information content (AvgIpc) is 3.32. The molecule has 3 heterocycles. The molecule has 0 radical (unpaired) electrons. The molecule has 2 aromatic heterocycles. The zero-order chi connectivity index (χ0) is 25.8. The minimum atomic E-state index is -0.842. The van der Waals surface area contributed by atoms with Gasteiger partial charge < -0.3 is 25.6 Å². The number of likely N-dealkylation sites (tertiary alicyclic amines) is 1. The zero-order valence-electron chi connectivity index (χ0n) is 20.1. The summed E-state index contributed by atoms with van der Waals surface area (Å²) in [5.41, 5.74) is 3.51. The van der Waals surface area contributed by atoms with E-state index in [4.69, 9.17) is 0 Å². The van der Waals surface area contributed by atoms with Gasteiger partial charge >= 0.3 is 5.97 Å². The quantitative estimate of drug-likeness (QED) is 0.394. The molecule has 4 rings (SSSR count). The topological polar surface area (TPSA) is 157 Å². The summed E-state index contributed by atoms with van der Waals surface area (Å²) in [5, 5.41) is 14.9. The van der Waals surface area contributed by atoms with E-state index in [9.17, 15) is 24.3 Å². The van der Waals surface area contributed by atoms with E-state index in [-0.39, 0.29) is 24.1 Å². The molecule has 0 atom stereocenters. The minimum Gasteiger partial charge on any atom is -0.481 e.